The van der Waals surface area contributed by atoms with E-state index in [1.54, 1.807) is 42.5 Å². The number of methoxy groups -OCH3 is 2. The highest BCUT2D eigenvalue weighted by atomic mass is 16.5. The van der Waals surface area contributed by atoms with Crippen LogP contribution in [0.4, 0.5) is 0 Å². The predicted octanol–water partition coefficient (Wildman–Crippen LogP) is 2.37. The molecule has 9 heteroatoms. The van der Waals surface area contributed by atoms with Crippen molar-refractivity contribution in [3.8, 4) is 23.0 Å². The van der Waals surface area contributed by atoms with Crippen LogP contribution in [0, 0.1) is 0 Å². The van der Waals surface area contributed by atoms with Crippen LogP contribution in [0.25, 0.3) is 0 Å². The molecular formula is C23H23N3O6. The van der Waals surface area contributed by atoms with E-state index in [9.17, 15) is 19.8 Å². The van der Waals surface area contributed by atoms with Gasteiger partial charge in [0.15, 0.2) is 23.0 Å². The number of phenolic OH excluding ortho intramolecular Hbond substituents is 2. The molecule has 0 aliphatic carbocycles. The number of hydrogen-bond acceptors (Lipinski definition) is 7. The van der Waals surface area contributed by atoms with E-state index < -0.39 is 11.8 Å². The van der Waals surface area contributed by atoms with Crippen LogP contribution in [-0.4, -0.2) is 41.2 Å². The predicted molar refractivity (Wildman–Crippen MR) is 116 cm³/mol. The third kappa shape index (κ3) is 5.07. The number of amides is 2. The molecule has 1 aromatic heterocycles. The zero-order chi connectivity index (χ0) is 23.1. The number of nitrogens with one attached hydrogen (secondary N) is 2. The minimum Gasteiger partial charge on any atom is -0.504 e. The van der Waals surface area contributed by atoms with E-state index in [-0.39, 0.29) is 36.0 Å². The van der Waals surface area contributed by atoms with Crippen molar-refractivity contribution in [2.75, 3.05) is 14.2 Å². The van der Waals surface area contributed by atoms with Gasteiger partial charge in [-0.2, -0.15) is 0 Å². The van der Waals surface area contributed by atoms with Crippen molar-refractivity contribution in [3.05, 3.63) is 77.1 Å². The SMILES string of the molecule is COc1cccc(CNC(=O)c2cccc(C(=O)NCc3cccc(OC)c3O)n2)c1O. The number of hydrogen-bond donors (Lipinski definition) is 4. The Hall–Kier alpha value is -4.27. The van der Waals surface area contributed by atoms with E-state index in [1.165, 1.54) is 26.4 Å². The van der Waals surface area contributed by atoms with E-state index in [4.69, 9.17) is 9.47 Å². The smallest absolute Gasteiger partial charge is 0.270 e. The van der Waals surface area contributed by atoms with Crippen LogP contribution in [0.2, 0.25) is 0 Å². The summed E-state index contributed by atoms with van der Waals surface area (Å²) >= 11 is 0. The largest absolute Gasteiger partial charge is 0.504 e. The lowest BCUT2D eigenvalue weighted by atomic mass is 10.1. The molecule has 2 amide bonds. The quantitative estimate of drug-likeness (QED) is 0.426. The van der Waals surface area contributed by atoms with Gasteiger partial charge in [0, 0.05) is 24.2 Å². The van der Waals surface area contributed by atoms with Crippen molar-refractivity contribution in [1.29, 1.82) is 0 Å². The molecule has 0 radical (unpaired) electrons. The molecule has 3 aromatic rings. The molecule has 1 heterocycles. The van der Waals surface area contributed by atoms with E-state index in [2.05, 4.69) is 15.6 Å². The maximum Gasteiger partial charge on any atom is 0.270 e. The van der Waals surface area contributed by atoms with Crippen LogP contribution in [0.5, 0.6) is 23.0 Å². The van der Waals surface area contributed by atoms with E-state index in [0.717, 1.165) is 0 Å². The van der Waals surface area contributed by atoms with Crippen LogP contribution in [0.15, 0.2) is 54.6 Å². The van der Waals surface area contributed by atoms with Crippen molar-refractivity contribution in [3.63, 3.8) is 0 Å². The number of carbonyl (C=O) groups is 2. The summed E-state index contributed by atoms with van der Waals surface area (Å²) in [6, 6.07) is 14.4. The average molecular weight is 437 g/mol. The molecule has 4 N–H and O–H groups in total. The summed E-state index contributed by atoms with van der Waals surface area (Å²) in [5.74, 6) is -0.528. The summed E-state index contributed by atoms with van der Waals surface area (Å²) in [5, 5.41) is 25.6. The Morgan fingerprint density at radius 3 is 1.56 bits per heavy atom. The van der Waals surface area contributed by atoms with Gasteiger partial charge in [0.25, 0.3) is 11.8 Å². The van der Waals surface area contributed by atoms with Crippen LogP contribution < -0.4 is 20.1 Å². The van der Waals surface area contributed by atoms with Gasteiger partial charge in [-0.3, -0.25) is 9.59 Å². The molecule has 0 bridgehead atoms. The van der Waals surface area contributed by atoms with Crippen LogP contribution in [0.3, 0.4) is 0 Å². The first kappa shape index (κ1) is 22.4. The van der Waals surface area contributed by atoms with Crippen LogP contribution in [-0.2, 0) is 13.1 Å². The summed E-state index contributed by atoms with van der Waals surface area (Å²) in [5.41, 5.74) is 1.04. The second kappa shape index (κ2) is 10.2. The van der Waals surface area contributed by atoms with Gasteiger partial charge in [0.1, 0.15) is 11.4 Å². The van der Waals surface area contributed by atoms with Gasteiger partial charge in [0.2, 0.25) is 0 Å². The summed E-state index contributed by atoms with van der Waals surface area (Å²) in [6.07, 6.45) is 0. The fourth-order valence-electron chi connectivity index (χ4n) is 2.97. The van der Waals surface area contributed by atoms with Crippen molar-refractivity contribution in [2.24, 2.45) is 0 Å². The maximum atomic E-state index is 12.5. The summed E-state index contributed by atoms with van der Waals surface area (Å²) in [4.78, 5) is 29.1. The second-order valence-corrected chi connectivity index (χ2v) is 6.71. The summed E-state index contributed by atoms with van der Waals surface area (Å²) in [6.45, 7) is 0.101. The highest BCUT2D eigenvalue weighted by Gasteiger charge is 2.15. The molecule has 0 unspecified atom stereocenters. The van der Waals surface area contributed by atoms with Gasteiger partial charge in [0.05, 0.1) is 14.2 Å². The number of aromatic nitrogens is 1. The zero-order valence-electron chi connectivity index (χ0n) is 17.6. The first-order valence-electron chi connectivity index (χ1n) is 9.67. The topological polar surface area (TPSA) is 130 Å². The number of pyridine rings is 1. The molecule has 166 valence electrons. The zero-order valence-corrected chi connectivity index (χ0v) is 17.6. The summed E-state index contributed by atoms with van der Waals surface area (Å²) < 4.78 is 10.1. The maximum absolute atomic E-state index is 12.5. The molecule has 0 aliphatic heterocycles. The Morgan fingerprint density at radius 2 is 1.16 bits per heavy atom. The molecule has 32 heavy (non-hydrogen) atoms. The summed E-state index contributed by atoms with van der Waals surface area (Å²) in [7, 11) is 2.88. The van der Waals surface area contributed by atoms with E-state index >= 15 is 0 Å². The monoisotopic (exact) mass is 437 g/mol. The number of aromatic hydroxyl groups is 2. The molecule has 0 saturated carbocycles. The number of benzene rings is 2. The Kier molecular flexibility index (Phi) is 7.12. The van der Waals surface area contributed by atoms with Crippen molar-refractivity contribution < 1.29 is 29.3 Å². The number of rotatable bonds is 8. The van der Waals surface area contributed by atoms with Gasteiger partial charge < -0.3 is 30.3 Å². The van der Waals surface area contributed by atoms with E-state index in [0.29, 0.717) is 22.6 Å². The standard InChI is InChI=1S/C23H23N3O6/c1-31-18-10-3-6-14(20(18)27)12-24-22(29)16-8-5-9-17(26-16)23(30)25-13-15-7-4-11-19(32-2)21(15)28/h3-11,27-28H,12-13H2,1-2H3,(H,24,29)(H,25,30). The van der Waals surface area contributed by atoms with Gasteiger partial charge in [-0.1, -0.05) is 30.3 Å². The fraction of sp³-hybridized carbons (Fsp3) is 0.174. The Bertz CT molecular complexity index is 1050. The number of nitrogens with zero attached hydrogens (tertiary/aromatic N) is 1. The number of carbonyl (C=O) groups excluding carboxylic acids is 2. The third-order valence-corrected chi connectivity index (χ3v) is 4.70. The molecule has 0 fully saturated rings. The lowest BCUT2D eigenvalue weighted by molar-refractivity contribution is 0.0941. The Labute approximate surface area is 184 Å². The molecule has 2 aromatic carbocycles. The first-order chi connectivity index (χ1) is 15.4. The van der Waals surface area contributed by atoms with Crippen LogP contribution in [0.1, 0.15) is 32.1 Å². The average Bonchev–Trinajstić information content (AvgIpc) is 2.82. The lowest BCUT2D eigenvalue weighted by Crippen LogP contribution is -2.27. The minimum absolute atomic E-state index is 0.0456. The molecular weight excluding hydrogens is 414 g/mol. The minimum atomic E-state index is -0.507. The number of para-hydroxylation sites is 2. The number of ether oxygens (including phenoxy) is 2. The van der Waals surface area contributed by atoms with E-state index in [1.807, 2.05) is 0 Å². The molecule has 0 saturated heterocycles. The van der Waals surface area contributed by atoms with Crippen LogP contribution >= 0.6 is 0 Å². The van der Waals surface area contributed by atoms with Crippen molar-refractivity contribution in [2.45, 2.75) is 13.1 Å². The molecule has 3 rings (SSSR count). The Balaban J connectivity index is 1.64. The van der Waals surface area contributed by atoms with Gasteiger partial charge in [-0.05, 0) is 24.3 Å². The number of phenols is 2. The van der Waals surface area contributed by atoms with Gasteiger partial charge in [-0.15, -0.1) is 0 Å². The third-order valence-electron chi connectivity index (χ3n) is 4.70. The van der Waals surface area contributed by atoms with Gasteiger partial charge >= 0.3 is 0 Å². The first-order valence-corrected chi connectivity index (χ1v) is 9.67. The molecule has 0 spiro atoms. The highest BCUT2D eigenvalue weighted by molar-refractivity contribution is 5.96. The van der Waals surface area contributed by atoms with Crippen molar-refractivity contribution in [1.82, 2.24) is 15.6 Å². The van der Waals surface area contributed by atoms with Crippen molar-refractivity contribution >= 4 is 11.8 Å². The Morgan fingerprint density at radius 1 is 0.750 bits per heavy atom. The molecule has 9 nitrogen and oxygen atoms in total. The normalized spacial score (nSPS) is 10.3. The highest BCUT2D eigenvalue weighted by Crippen LogP contribution is 2.30. The molecule has 0 atom stereocenters. The molecule has 0 aliphatic rings. The second-order valence-electron chi connectivity index (χ2n) is 6.71. The fourth-order valence-corrected chi connectivity index (χ4v) is 2.97. The lowest BCUT2D eigenvalue weighted by Gasteiger charge is -2.11. The van der Waals surface area contributed by atoms with Gasteiger partial charge in [-0.25, -0.2) is 4.98 Å².